The van der Waals surface area contributed by atoms with Crippen molar-refractivity contribution in [2.24, 2.45) is 0 Å². The molecule has 0 saturated carbocycles. The molecule has 2 aromatic rings. The van der Waals surface area contributed by atoms with Gasteiger partial charge in [0, 0.05) is 0 Å². The van der Waals surface area contributed by atoms with E-state index in [4.69, 9.17) is 9.47 Å². The molecule has 0 aromatic heterocycles. The van der Waals surface area contributed by atoms with Crippen LogP contribution in [0.2, 0.25) is 0 Å². The molecule has 0 spiro atoms. The Morgan fingerprint density at radius 3 is 1.63 bits per heavy atom. The summed E-state index contributed by atoms with van der Waals surface area (Å²) >= 11 is 0. The van der Waals surface area contributed by atoms with Gasteiger partial charge in [0.25, 0.3) is 5.97 Å². The SMILES string of the molecule is CCCCCCCCC(c1ccc(-c2ccc(C(F)(F)F)cc2)cc1)C(O)(OC(C)C)OC(C)C. The summed E-state index contributed by atoms with van der Waals surface area (Å²) in [6, 6.07) is 12.7. The van der Waals surface area contributed by atoms with Crippen molar-refractivity contribution in [1.82, 2.24) is 0 Å². The van der Waals surface area contributed by atoms with E-state index in [0.717, 1.165) is 42.5 Å². The second-order valence-electron chi connectivity index (χ2n) is 9.77. The summed E-state index contributed by atoms with van der Waals surface area (Å²) in [7, 11) is 0. The first-order chi connectivity index (χ1) is 16.5. The van der Waals surface area contributed by atoms with Crippen molar-refractivity contribution in [3.05, 3.63) is 59.7 Å². The molecular formula is C29H41F3O3. The summed E-state index contributed by atoms with van der Waals surface area (Å²) in [5, 5.41) is 11.5. The lowest BCUT2D eigenvalue weighted by Crippen LogP contribution is -2.45. The van der Waals surface area contributed by atoms with Gasteiger partial charge in [-0.25, -0.2) is 0 Å². The van der Waals surface area contributed by atoms with Crippen molar-refractivity contribution >= 4 is 0 Å². The fraction of sp³-hybridized carbons (Fsp3) is 0.586. The average Bonchev–Trinajstić information content (AvgIpc) is 2.77. The van der Waals surface area contributed by atoms with Crippen LogP contribution in [-0.4, -0.2) is 23.3 Å². The third-order valence-corrected chi connectivity index (χ3v) is 5.95. The fourth-order valence-electron chi connectivity index (χ4n) is 4.32. The summed E-state index contributed by atoms with van der Waals surface area (Å²) in [6.45, 7) is 9.65. The second-order valence-corrected chi connectivity index (χ2v) is 9.77. The molecule has 196 valence electrons. The third-order valence-electron chi connectivity index (χ3n) is 5.95. The van der Waals surface area contributed by atoms with Crippen molar-refractivity contribution in [3.8, 4) is 11.1 Å². The Labute approximate surface area is 208 Å². The quantitative estimate of drug-likeness (QED) is 0.211. The first-order valence-corrected chi connectivity index (χ1v) is 12.8. The molecule has 0 fully saturated rings. The number of unbranched alkanes of at least 4 members (excludes halogenated alkanes) is 5. The zero-order valence-electron chi connectivity index (χ0n) is 21.7. The molecule has 0 saturated heterocycles. The highest BCUT2D eigenvalue weighted by atomic mass is 19.4. The highest BCUT2D eigenvalue weighted by Crippen LogP contribution is 2.38. The molecule has 0 bridgehead atoms. The van der Waals surface area contributed by atoms with Gasteiger partial charge >= 0.3 is 6.18 Å². The summed E-state index contributed by atoms with van der Waals surface area (Å²) in [5.41, 5.74) is 1.71. The van der Waals surface area contributed by atoms with E-state index in [1.165, 1.54) is 31.4 Å². The van der Waals surface area contributed by atoms with Gasteiger partial charge in [0.2, 0.25) is 0 Å². The van der Waals surface area contributed by atoms with Crippen molar-refractivity contribution in [2.45, 2.75) is 110 Å². The van der Waals surface area contributed by atoms with E-state index in [1.54, 1.807) is 0 Å². The van der Waals surface area contributed by atoms with Crippen molar-refractivity contribution in [2.75, 3.05) is 0 Å². The standard InChI is InChI=1S/C29H41F3O3/c1-6-7-8-9-10-11-12-27(29(33,34-21(2)3)35-22(4)5)25-15-13-23(14-16-25)24-17-19-26(20-18-24)28(30,31)32/h13-22,27,33H,6-12H2,1-5H3. The van der Waals surface area contributed by atoms with Crippen LogP contribution >= 0.6 is 0 Å². The number of hydrogen-bond donors (Lipinski definition) is 1. The van der Waals surface area contributed by atoms with E-state index >= 15 is 0 Å². The maximum Gasteiger partial charge on any atom is 0.416 e. The molecule has 0 amide bonds. The number of hydrogen-bond acceptors (Lipinski definition) is 3. The minimum atomic E-state index is -4.36. The molecule has 35 heavy (non-hydrogen) atoms. The third kappa shape index (κ3) is 9.25. The molecule has 1 atom stereocenters. The van der Waals surface area contributed by atoms with Crippen LogP contribution in [0.4, 0.5) is 13.2 Å². The largest absolute Gasteiger partial charge is 0.416 e. The molecule has 0 aliphatic rings. The van der Waals surface area contributed by atoms with Gasteiger partial charge in [-0.1, -0.05) is 81.8 Å². The van der Waals surface area contributed by atoms with Gasteiger partial charge in [0.05, 0.1) is 23.7 Å². The Balaban J connectivity index is 2.28. The molecule has 1 unspecified atom stereocenters. The van der Waals surface area contributed by atoms with E-state index in [0.29, 0.717) is 12.0 Å². The van der Waals surface area contributed by atoms with Crippen molar-refractivity contribution in [3.63, 3.8) is 0 Å². The molecule has 3 nitrogen and oxygen atoms in total. The number of halogens is 3. The van der Waals surface area contributed by atoms with E-state index in [9.17, 15) is 18.3 Å². The number of aliphatic hydroxyl groups is 1. The van der Waals surface area contributed by atoms with Crippen molar-refractivity contribution in [1.29, 1.82) is 0 Å². The molecule has 1 N–H and O–H groups in total. The average molecular weight is 495 g/mol. The Bertz CT molecular complexity index is 848. The van der Waals surface area contributed by atoms with Gasteiger partial charge in [-0.3, -0.25) is 0 Å². The first-order valence-electron chi connectivity index (χ1n) is 12.8. The zero-order chi connectivity index (χ0) is 26.1. The topological polar surface area (TPSA) is 38.7 Å². The van der Waals surface area contributed by atoms with Crippen LogP contribution in [0, 0.1) is 0 Å². The van der Waals surface area contributed by atoms with Crippen molar-refractivity contribution < 1.29 is 27.8 Å². The minimum Gasteiger partial charge on any atom is -0.343 e. The van der Waals surface area contributed by atoms with Gasteiger partial charge in [0.1, 0.15) is 0 Å². The Morgan fingerprint density at radius 1 is 0.714 bits per heavy atom. The molecule has 0 aliphatic carbocycles. The highest BCUT2D eigenvalue weighted by molar-refractivity contribution is 5.64. The van der Waals surface area contributed by atoms with Crippen LogP contribution in [0.5, 0.6) is 0 Å². The summed E-state index contributed by atoms with van der Waals surface area (Å²) < 4.78 is 50.6. The molecule has 0 heterocycles. The number of rotatable bonds is 14. The molecule has 6 heteroatoms. The maximum atomic E-state index is 12.9. The molecule has 2 aromatic carbocycles. The van der Waals surface area contributed by atoms with E-state index in [2.05, 4.69) is 6.92 Å². The Morgan fingerprint density at radius 2 is 1.17 bits per heavy atom. The number of ether oxygens (including phenoxy) is 2. The van der Waals surface area contributed by atoms with Gasteiger partial charge in [-0.2, -0.15) is 13.2 Å². The smallest absolute Gasteiger partial charge is 0.343 e. The van der Waals surface area contributed by atoms with E-state index in [-0.39, 0.29) is 12.2 Å². The predicted molar refractivity (Wildman–Crippen MR) is 135 cm³/mol. The van der Waals surface area contributed by atoms with E-state index < -0.39 is 23.6 Å². The Kier molecular flexibility index (Phi) is 11.3. The lowest BCUT2D eigenvalue weighted by atomic mass is 9.89. The highest BCUT2D eigenvalue weighted by Gasteiger charge is 2.42. The van der Waals surface area contributed by atoms with Gasteiger partial charge in [-0.15, -0.1) is 0 Å². The first kappa shape index (κ1) is 29.3. The van der Waals surface area contributed by atoms with Gasteiger partial charge in [0.15, 0.2) is 0 Å². The summed E-state index contributed by atoms with van der Waals surface area (Å²) in [4.78, 5) is 0. The number of alkyl halides is 3. The minimum absolute atomic E-state index is 0.239. The fourth-order valence-corrected chi connectivity index (χ4v) is 4.32. The summed E-state index contributed by atoms with van der Waals surface area (Å²) in [5.74, 6) is -2.18. The second kappa shape index (κ2) is 13.4. The van der Waals surface area contributed by atoms with Crippen LogP contribution in [0.1, 0.15) is 96.6 Å². The summed E-state index contributed by atoms with van der Waals surface area (Å²) in [6.07, 6.45) is 2.64. The maximum absolute atomic E-state index is 12.9. The van der Waals surface area contributed by atoms with Crippen LogP contribution in [-0.2, 0) is 15.7 Å². The van der Waals surface area contributed by atoms with Gasteiger partial charge in [-0.05, 0) is 62.9 Å². The predicted octanol–water partition coefficient (Wildman–Crippen LogP) is 8.70. The molecule has 2 rings (SSSR count). The zero-order valence-corrected chi connectivity index (χ0v) is 21.7. The number of benzene rings is 2. The van der Waals surface area contributed by atoms with Crippen LogP contribution in [0.3, 0.4) is 0 Å². The lowest BCUT2D eigenvalue weighted by molar-refractivity contribution is -0.393. The van der Waals surface area contributed by atoms with Crippen LogP contribution in [0.15, 0.2) is 48.5 Å². The molecule has 0 aliphatic heterocycles. The van der Waals surface area contributed by atoms with Crippen LogP contribution < -0.4 is 0 Å². The normalized spacial score (nSPS) is 13.6. The Hall–Kier alpha value is -1.89. The monoisotopic (exact) mass is 494 g/mol. The molecular weight excluding hydrogens is 453 g/mol. The van der Waals surface area contributed by atoms with E-state index in [1.807, 2.05) is 52.0 Å². The lowest BCUT2D eigenvalue weighted by Gasteiger charge is -2.38. The van der Waals surface area contributed by atoms with Crippen LogP contribution in [0.25, 0.3) is 11.1 Å². The molecule has 0 radical (unpaired) electrons. The van der Waals surface area contributed by atoms with Gasteiger partial charge < -0.3 is 14.6 Å².